The maximum atomic E-state index is 5.28. The minimum atomic E-state index is 0.784. The molecule has 65 valence electrons. The van der Waals surface area contributed by atoms with Gasteiger partial charge < -0.3 is 4.74 Å². The molecule has 0 saturated carbocycles. The summed E-state index contributed by atoms with van der Waals surface area (Å²) in [5, 5.41) is 0. The van der Waals surface area contributed by atoms with Crippen LogP contribution in [-0.2, 0) is 4.74 Å². The van der Waals surface area contributed by atoms with Gasteiger partial charge in [0.2, 0.25) is 0 Å². The largest absolute Gasteiger partial charge is 0.370 e. The van der Waals surface area contributed by atoms with E-state index < -0.39 is 0 Å². The normalized spacial score (nSPS) is 10.2. The Balaban J connectivity index is 2.41. The van der Waals surface area contributed by atoms with Crippen LogP contribution < -0.4 is 0 Å². The van der Waals surface area contributed by atoms with Crippen LogP contribution in [-0.4, -0.2) is 6.61 Å². The summed E-state index contributed by atoms with van der Waals surface area (Å²) in [5.41, 5.74) is 1.10. The van der Waals surface area contributed by atoms with E-state index in [-0.39, 0.29) is 0 Å². The molecule has 0 spiro atoms. The van der Waals surface area contributed by atoms with E-state index in [1.807, 2.05) is 24.3 Å². The molecule has 0 atom stereocenters. The van der Waals surface area contributed by atoms with Gasteiger partial charge in [-0.2, -0.15) is 0 Å². The van der Waals surface area contributed by atoms with E-state index in [9.17, 15) is 0 Å². The summed E-state index contributed by atoms with van der Waals surface area (Å²) in [6.07, 6.45) is 1.05. The summed E-state index contributed by atoms with van der Waals surface area (Å²) >= 11 is 3.40. The zero-order valence-electron chi connectivity index (χ0n) is 7.09. The third-order valence-electron chi connectivity index (χ3n) is 1.39. The van der Waals surface area contributed by atoms with Gasteiger partial charge in [0.25, 0.3) is 0 Å². The number of halogens is 1. The Morgan fingerprint density at radius 2 is 2.33 bits per heavy atom. The molecule has 0 fully saturated rings. The average molecular weight is 228 g/mol. The molecule has 1 nitrogen and oxygen atoms in total. The van der Waals surface area contributed by atoms with Crippen LogP contribution in [0.4, 0.5) is 0 Å². The van der Waals surface area contributed by atoms with E-state index in [2.05, 4.69) is 22.9 Å². The van der Waals surface area contributed by atoms with Crippen molar-refractivity contribution in [3.8, 4) is 0 Å². The minimum Gasteiger partial charge on any atom is -0.370 e. The lowest BCUT2D eigenvalue weighted by molar-refractivity contribution is 0.213. The van der Waals surface area contributed by atoms with Gasteiger partial charge in [-0.3, -0.25) is 0 Å². The molecule has 1 aromatic carbocycles. The zero-order chi connectivity index (χ0) is 8.81. The molecule has 0 unspecified atom stereocenters. The molecule has 0 N–H and O–H groups in total. The third kappa shape index (κ3) is 3.37. The van der Waals surface area contributed by atoms with E-state index in [1.165, 1.54) is 0 Å². The lowest BCUT2D eigenvalue weighted by Gasteiger charge is -2.01. The summed E-state index contributed by atoms with van der Waals surface area (Å²) in [7, 11) is 0. The van der Waals surface area contributed by atoms with Crippen LogP contribution >= 0.6 is 15.9 Å². The van der Waals surface area contributed by atoms with Crippen LogP contribution in [0.2, 0.25) is 0 Å². The van der Waals surface area contributed by atoms with Crippen molar-refractivity contribution in [1.29, 1.82) is 0 Å². The smallest absolute Gasteiger partial charge is 0.113 e. The molecule has 0 aromatic heterocycles. The highest BCUT2D eigenvalue weighted by molar-refractivity contribution is 9.10. The Morgan fingerprint density at radius 3 is 3.00 bits per heavy atom. The Labute approximate surface area is 81.9 Å². The minimum absolute atomic E-state index is 0.784. The Hall–Kier alpha value is -0.340. The van der Waals surface area contributed by atoms with Crippen molar-refractivity contribution in [2.45, 2.75) is 13.3 Å². The predicted octanol–water partition coefficient (Wildman–Crippen LogP) is 3.39. The molecular weight excluding hydrogens is 216 g/mol. The van der Waals surface area contributed by atoms with Crippen LogP contribution in [0.3, 0.4) is 0 Å². The van der Waals surface area contributed by atoms with Gasteiger partial charge in [0.1, 0.15) is 6.61 Å². The molecule has 0 heterocycles. The van der Waals surface area contributed by atoms with Crippen molar-refractivity contribution in [2.75, 3.05) is 6.61 Å². The molecule has 0 bridgehead atoms. The highest BCUT2D eigenvalue weighted by Gasteiger charge is 1.93. The van der Waals surface area contributed by atoms with Crippen LogP contribution in [0, 0.1) is 6.61 Å². The molecule has 12 heavy (non-hydrogen) atoms. The Morgan fingerprint density at radius 1 is 1.50 bits per heavy atom. The highest BCUT2D eigenvalue weighted by atomic mass is 79.9. The lowest BCUT2D eigenvalue weighted by Crippen LogP contribution is -1.90. The first-order valence-corrected chi connectivity index (χ1v) is 4.82. The number of hydrogen-bond acceptors (Lipinski definition) is 1. The standard InChI is InChI=1S/C10H12BrO/c1-2-6-12-8-9-4-3-5-10(11)7-9/h3-5,7-8H,2,6H2,1H3. The molecular formula is C10H12BrO. The highest BCUT2D eigenvalue weighted by Crippen LogP contribution is 2.13. The van der Waals surface area contributed by atoms with Crippen molar-refractivity contribution in [3.05, 3.63) is 40.9 Å². The molecule has 2 heteroatoms. The first-order chi connectivity index (χ1) is 5.83. The van der Waals surface area contributed by atoms with Crippen molar-refractivity contribution in [3.63, 3.8) is 0 Å². The number of rotatable bonds is 4. The van der Waals surface area contributed by atoms with Crippen molar-refractivity contribution in [1.82, 2.24) is 0 Å². The molecule has 0 amide bonds. The molecule has 1 radical (unpaired) electrons. The second-order valence-corrected chi connectivity index (χ2v) is 3.46. The predicted molar refractivity (Wildman–Crippen MR) is 53.8 cm³/mol. The van der Waals surface area contributed by atoms with E-state index in [0.717, 1.165) is 23.1 Å². The first kappa shape index (κ1) is 9.75. The van der Waals surface area contributed by atoms with Gasteiger partial charge in [-0.1, -0.05) is 35.0 Å². The van der Waals surface area contributed by atoms with E-state index in [0.29, 0.717) is 0 Å². The molecule has 0 aliphatic carbocycles. The van der Waals surface area contributed by atoms with E-state index in [4.69, 9.17) is 4.74 Å². The maximum Gasteiger partial charge on any atom is 0.113 e. The second-order valence-electron chi connectivity index (χ2n) is 2.54. The first-order valence-electron chi connectivity index (χ1n) is 4.03. The third-order valence-corrected chi connectivity index (χ3v) is 1.88. The summed E-state index contributed by atoms with van der Waals surface area (Å²) in [6, 6.07) is 8.03. The van der Waals surface area contributed by atoms with Crippen molar-refractivity contribution < 1.29 is 4.74 Å². The second kappa shape index (κ2) is 5.33. The topological polar surface area (TPSA) is 9.23 Å². The number of ether oxygens (including phenoxy) is 1. The summed E-state index contributed by atoms with van der Waals surface area (Å²) in [4.78, 5) is 0. The summed E-state index contributed by atoms with van der Waals surface area (Å²) < 4.78 is 6.36. The molecule has 0 aliphatic rings. The molecule has 1 aromatic rings. The zero-order valence-corrected chi connectivity index (χ0v) is 8.67. The number of hydrogen-bond donors (Lipinski definition) is 0. The van der Waals surface area contributed by atoms with Gasteiger partial charge in [-0.15, -0.1) is 0 Å². The number of benzene rings is 1. The van der Waals surface area contributed by atoms with Gasteiger partial charge in [-0.25, -0.2) is 0 Å². The van der Waals surface area contributed by atoms with Crippen LogP contribution in [0.25, 0.3) is 0 Å². The molecule has 1 rings (SSSR count). The van der Waals surface area contributed by atoms with Gasteiger partial charge in [-0.05, 0) is 24.1 Å². The van der Waals surface area contributed by atoms with Crippen LogP contribution in [0.1, 0.15) is 18.9 Å². The van der Waals surface area contributed by atoms with Crippen molar-refractivity contribution >= 4 is 15.9 Å². The van der Waals surface area contributed by atoms with Crippen LogP contribution in [0.15, 0.2) is 28.7 Å². The van der Waals surface area contributed by atoms with E-state index >= 15 is 0 Å². The summed E-state index contributed by atoms with van der Waals surface area (Å²) in [5.74, 6) is 0. The fraction of sp³-hybridized carbons (Fsp3) is 0.300. The average Bonchev–Trinajstić information content (AvgIpc) is 2.05. The van der Waals surface area contributed by atoms with E-state index in [1.54, 1.807) is 6.61 Å². The lowest BCUT2D eigenvalue weighted by atomic mass is 10.2. The quantitative estimate of drug-likeness (QED) is 0.717. The van der Waals surface area contributed by atoms with Crippen LogP contribution in [0.5, 0.6) is 0 Å². The SMILES string of the molecule is CCCO[CH]c1cccc(Br)c1. The molecule has 0 aliphatic heterocycles. The fourth-order valence-electron chi connectivity index (χ4n) is 0.853. The van der Waals surface area contributed by atoms with Crippen molar-refractivity contribution in [2.24, 2.45) is 0 Å². The van der Waals surface area contributed by atoms with Gasteiger partial charge in [0.15, 0.2) is 0 Å². The van der Waals surface area contributed by atoms with Gasteiger partial charge >= 0.3 is 0 Å². The van der Waals surface area contributed by atoms with Gasteiger partial charge in [0.05, 0.1) is 0 Å². The Bertz CT molecular complexity index is 235. The summed E-state index contributed by atoms with van der Waals surface area (Å²) in [6.45, 7) is 4.66. The fourth-order valence-corrected chi connectivity index (χ4v) is 1.27. The maximum absolute atomic E-state index is 5.28. The molecule has 0 saturated heterocycles. The Kier molecular flexibility index (Phi) is 4.33. The van der Waals surface area contributed by atoms with Gasteiger partial charge in [0, 0.05) is 11.1 Å². The monoisotopic (exact) mass is 227 g/mol.